The van der Waals surface area contributed by atoms with Crippen LogP contribution in [0.15, 0.2) is 36.5 Å². The van der Waals surface area contributed by atoms with Gasteiger partial charge in [-0.15, -0.1) is 0 Å². The van der Waals surface area contributed by atoms with Crippen LogP contribution in [0.2, 0.25) is 0 Å². The number of fused-ring (bicyclic) bond motifs is 1. The van der Waals surface area contributed by atoms with Gasteiger partial charge in [0.2, 0.25) is 0 Å². The number of likely N-dealkylation sites (N-methyl/N-ethyl adjacent to an activating group) is 1. The lowest BCUT2D eigenvalue weighted by molar-refractivity contribution is 0.0986. The summed E-state index contributed by atoms with van der Waals surface area (Å²) in [6.07, 6.45) is 2.75. The Kier molecular flexibility index (Phi) is 4.13. The molecule has 6 nitrogen and oxygen atoms in total. The number of carbonyl (C=O) groups is 1. The van der Waals surface area contributed by atoms with Crippen LogP contribution >= 0.6 is 0 Å². The smallest absolute Gasteiger partial charge is 0.265 e. The normalized spacial score (nSPS) is 20.8. The lowest BCUT2D eigenvalue weighted by atomic mass is 9.99. The largest absolute Gasteiger partial charge is 0.491 e. The van der Waals surface area contributed by atoms with Crippen molar-refractivity contribution >= 4 is 11.6 Å². The van der Waals surface area contributed by atoms with Gasteiger partial charge in [-0.25, -0.2) is 0 Å². The summed E-state index contributed by atoms with van der Waals surface area (Å²) in [5, 5.41) is 0. The molecular weight excluding hydrogens is 316 g/mol. The van der Waals surface area contributed by atoms with Gasteiger partial charge in [0.05, 0.1) is 6.04 Å². The third kappa shape index (κ3) is 2.98. The van der Waals surface area contributed by atoms with Crippen LogP contribution in [0.25, 0.3) is 0 Å². The first kappa shape index (κ1) is 16.0. The number of piperazine rings is 1. The molecule has 1 saturated heterocycles. The second-order valence-corrected chi connectivity index (χ2v) is 6.88. The van der Waals surface area contributed by atoms with E-state index in [1.165, 1.54) is 11.3 Å². The van der Waals surface area contributed by atoms with Crippen LogP contribution in [0.5, 0.6) is 5.75 Å². The van der Waals surface area contributed by atoms with Crippen molar-refractivity contribution in [3.8, 4) is 5.75 Å². The van der Waals surface area contributed by atoms with Gasteiger partial charge >= 0.3 is 0 Å². The number of hydrogen-bond acceptors (Lipinski definition) is 4. The monoisotopic (exact) mass is 340 g/mol. The van der Waals surface area contributed by atoms with Crippen LogP contribution in [0.3, 0.4) is 0 Å². The highest BCUT2D eigenvalue weighted by Crippen LogP contribution is 2.37. The molecule has 0 aliphatic carbocycles. The summed E-state index contributed by atoms with van der Waals surface area (Å²) >= 11 is 0. The summed E-state index contributed by atoms with van der Waals surface area (Å²) in [6.45, 7) is 4.73. The average molecular weight is 340 g/mol. The molecule has 3 heterocycles. The topological polar surface area (TPSA) is 63.7 Å². The summed E-state index contributed by atoms with van der Waals surface area (Å²) < 4.78 is 7.99. The summed E-state index contributed by atoms with van der Waals surface area (Å²) in [6, 6.07) is 10.00. The Balaban J connectivity index is 1.64. The molecule has 0 bridgehead atoms. The Morgan fingerprint density at radius 2 is 1.96 bits per heavy atom. The Morgan fingerprint density at radius 1 is 1.16 bits per heavy atom. The lowest BCUT2D eigenvalue weighted by Crippen LogP contribution is -2.45. The molecule has 2 aromatic rings. The van der Waals surface area contributed by atoms with E-state index in [0.29, 0.717) is 12.3 Å². The summed E-state index contributed by atoms with van der Waals surface area (Å²) in [5.41, 5.74) is 8.52. The zero-order valence-corrected chi connectivity index (χ0v) is 14.5. The number of carbonyl (C=O) groups excluding carboxylic acids is 1. The van der Waals surface area contributed by atoms with E-state index in [-0.39, 0.29) is 6.04 Å². The molecule has 2 aliphatic heterocycles. The van der Waals surface area contributed by atoms with E-state index in [1.54, 1.807) is 6.07 Å². The molecule has 0 radical (unpaired) electrons. The molecule has 1 fully saturated rings. The number of rotatable bonds is 3. The summed E-state index contributed by atoms with van der Waals surface area (Å²) in [7, 11) is 2.16. The SMILES string of the molecule is CN1CCN(c2cccc3c2C[C@H](n2cccc2C(N)=O)CO3)CC1. The predicted molar refractivity (Wildman–Crippen MR) is 97.3 cm³/mol. The van der Waals surface area contributed by atoms with Gasteiger partial charge in [-0.2, -0.15) is 0 Å². The van der Waals surface area contributed by atoms with E-state index in [0.717, 1.165) is 38.3 Å². The first-order chi connectivity index (χ1) is 12.1. The van der Waals surface area contributed by atoms with Gasteiger partial charge in [-0.1, -0.05) is 6.07 Å². The predicted octanol–water partition coefficient (Wildman–Crippen LogP) is 1.51. The first-order valence-electron chi connectivity index (χ1n) is 8.78. The minimum Gasteiger partial charge on any atom is -0.491 e. The Labute approximate surface area is 147 Å². The van der Waals surface area contributed by atoms with Crippen molar-refractivity contribution in [3.63, 3.8) is 0 Å². The van der Waals surface area contributed by atoms with Gasteiger partial charge in [0.15, 0.2) is 0 Å². The summed E-state index contributed by atoms with van der Waals surface area (Å²) in [5.74, 6) is 0.559. The van der Waals surface area contributed by atoms with E-state index in [1.807, 2.05) is 22.9 Å². The van der Waals surface area contributed by atoms with Crippen LogP contribution < -0.4 is 15.4 Å². The second kappa shape index (κ2) is 6.44. The van der Waals surface area contributed by atoms with Crippen molar-refractivity contribution in [3.05, 3.63) is 47.8 Å². The van der Waals surface area contributed by atoms with Gasteiger partial charge in [-0.05, 0) is 31.3 Å². The molecule has 25 heavy (non-hydrogen) atoms. The van der Waals surface area contributed by atoms with Gasteiger partial charge < -0.3 is 24.8 Å². The number of aromatic nitrogens is 1. The van der Waals surface area contributed by atoms with Gasteiger partial charge in [-0.3, -0.25) is 4.79 Å². The molecule has 2 N–H and O–H groups in total. The molecule has 0 saturated carbocycles. The van der Waals surface area contributed by atoms with Crippen molar-refractivity contribution in [1.29, 1.82) is 0 Å². The minimum absolute atomic E-state index is 0.0821. The minimum atomic E-state index is -0.400. The highest BCUT2D eigenvalue weighted by molar-refractivity contribution is 5.91. The molecule has 0 unspecified atom stereocenters. The second-order valence-electron chi connectivity index (χ2n) is 6.88. The van der Waals surface area contributed by atoms with Crippen LogP contribution in [-0.4, -0.2) is 55.2 Å². The third-order valence-electron chi connectivity index (χ3n) is 5.25. The molecule has 1 aromatic carbocycles. The highest BCUT2D eigenvalue weighted by Gasteiger charge is 2.27. The number of hydrogen-bond donors (Lipinski definition) is 1. The number of benzene rings is 1. The third-order valence-corrected chi connectivity index (χ3v) is 5.25. The molecule has 2 aliphatic rings. The van der Waals surface area contributed by atoms with Gasteiger partial charge in [0.1, 0.15) is 18.1 Å². The van der Waals surface area contributed by atoms with Crippen molar-refractivity contribution in [1.82, 2.24) is 9.47 Å². The van der Waals surface area contributed by atoms with Gasteiger partial charge in [0, 0.05) is 50.0 Å². The highest BCUT2D eigenvalue weighted by atomic mass is 16.5. The van der Waals surface area contributed by atoms with E-state index in [9.17, 15) is 4.79 Å². The lowest BCUT2D eigenvalue weighted by Gasteiger charge is -2.37. The van der Waals surface area contributed by atoms with Crippen molar-refractivity contribution in [2.45, 2.75) is 12.5 Å². The number of anilines is 1. The fourth-order valence-electron chi connectivity index (χ4n) is 3.82. The molecule has 132 valence electrons. The van der Waals surface area contributed by atoms with Crippen molar-refractivity contribution in [2.24, 2.45) is 5.73 Å². The van der Waals surface area contributed by atoms with Crippen LogP contribution in [-0.2, 0) is 6.42 Å². The Hall–Kier alpha value is -2.47. The molecule has 1 aromatic heterocycles. The maximum absolute atomic E-state index is 11.7. The average Bonchev–Trinajstić information content (AvgIpc) is 3.12. The number of primary amides is 1. The number of ether oxygens (including phenoxy) is 1. The standard InChI is InChI=1S/C19H24N4O2/c1-21-8-10-22(11-9-21)16-4-2-6-18-15(16)12-14(13-25-18)23-7-3-5-17(23)19(20)24/h2-7,14H,8-13H2,1H3,(H2,20,24)/t14-/m0/s1. The Bertz CT molecular complexity index is 777. The van der Waals surface area contributed by atoms with E-state index >= 15 is 0 Å². The number of nitrogens with two attached hydrogens (primary N) is 1. The number of nitrogens with zero attached hydrogens (tertiary/aromatic N) is 3. The quantitative estimate of drug-likeness (QED) is 0.920. The zero-order valence-electron chi connectivity index (χ0n) is 14.5. The number of amides is 1. The molecule has 1 atom stereocenters. The zero-order chi connectivity index (χ0) is 17.4. The molecule has 0 spiro atoms. The van der Waals surface area contributed by atoms with Crippen LogP contribution in [0.4, 0.5) is 5.69 Å². The molecular formula is C19H24N4O2. The van der Waals surface area contributed by atoms with Crippen molar-refractivity contribution < 1.29 is 9.53 Å². The van der Waals surface area contributed by atoms with Gasteiger partial charge in [0.25, 0.3) is 5.91 Å². The first-order valence-corrected chi connectivity index (χ1v) is 8.78. The fourth-order valence-corrected chi connectivity index (χ4v) is 3.82. The Morgan fingerprint density at radius 3 is 2.72 bits per heavy atom. The van der Waals surface area contributed by atoms with Crippen LogP contribution in [0.1, 0.15) is 22.1 Å². The van der Waals surface area contributed by atoms with E-state index < -0.39 is 5.91 Å². The van der Waals surface area contributed by atoms with Crippen molar-refractivity contribution in [2.75, 3.05) is 44.7 Å². The van der Waals surface area contributed by atoms with E-state index in [4.69, 9.17) is 10.5 Å². The molecule has 4 rings (SSSR count). The summed E-state index contributed by atoms with van der Waals surface area (Å²) in [4.78, 5) is 16.5. The maximum atomic E-state index is 11.7. The molecule has 1 amide bonds. The fraction of sp³-hybridized carbons (Fsp3) is 0.421. The molecule has 6 heteroatoms. The van der Waals surface area contributed by atoms with Crippen LogP contribution in [0, 0.1) is 0 Å². The maximum Gasteiger partial charge on any atom is 0.265 e. The van der Waals surface area contributed by atoms with E-state index in [2.05, 4.69) is 29.0 Å².